The first-order valence-corrected chi connectivity index (χ1v) is 8.41. The lowest BCUT2D eigenvalue weighted by molar-refractivity contribution is 0.110. The molecule has 1 atom stereocenters. The Kier molecular flexibility index (Phi) is 4.91. The van der Waals surface area contributed by atoms with Crippen LogP contribution in [0.25, 0.3) is 0 Å². The fourth-order valence-corrected chi connectivity index (χ4v) is 5.02. The maximum Gasteiger partial charge on any atom is 0.220 e. The lowest BCUT2D eigenvalue weighted by Gasteiger charge is -2.31. The molecule has 0 amide bonds. The zero-order chi connectivity index (χ0) is 13.1. The van der Waals surface area contributed by atoms with Crippen molar-refractivity contribution in [3.8, 4) is 0 Å². The second-order valence-corrected chi connectivity index (χ2v) is 8.54. The largest absolute Gasteiger partial charge is 0.323 e. The third kappa shape index (κ3) is 4.89. The second-order valence-electron chi connectivity index (χ2n) is 5.19. The molecule has 1 aromatic rings. The molecule has 0 aliphatic rings. The fourth-order valence-electron chi connectivity index (χ4n) is 1.38. The van der Waals surface area contributed by atoms with Gasteiger partial charge in [-0.1, -0.05) is 18.2 Å². The molecule has 1 unspecified atom stereocenters. The third-order valence-electron chi connectivity index (χ3n) is 1.82. The van der Waals surface area contributed by atoms with Crippen molar-refractivity contribution in [2.45, 2.75) is 46.3 Å². The van der Waals surface area contributed by atoms with E-state index in [1.165, 1.54) is 0 Å². The Morgan fingerprint density at radius 1 is 1.12 bits per heavy atom. The number of benzene rings is 1. The molecule has 0 saturated carbocycles. The Labute approximate surface area is 110 Å². The average molecular weight is 272 g/mol. The summed E-state index contributed by atoms with van der Waals surface area (Å²) in [6, 6.07) is 9.86. The molecule has 17 heavy (non-hydrogen) atoms. The van der Waals surface area contributed by atoms with Gasteiger partial charge >= 0.3 is 0 Å². The van der Waals surface area contributed by atoms with Crippen LogP contribution in [0, 0.1) is 0 Å². The van der Waals surface area contributed by atoms with Crippen LogP contribution in [0.2, 0.25) is 0 Å². The van der Waals surface area contributed by atoms with Crippen LogP contribution in [-0.4, -0.2) is 11.7 Å². The van der Waals surface area contributed by atoms with Gasteiger partial charge in [0.2, 0.25) is 6.49 Å². The second kappa shape index (κ2) is 5.62. The minimum Gasteiger partial charge on any atom is -0.323 e. The minimum absolute atomic E-state index is 0.0587. The first-order chi connectivity index (χ1) is 7.73. The Morgan fingerprint density at radius 3 is 2.06 bits per heavy atom. The third-order valence-corrected chi connectivity index (χ3v) is 5.35. The van der Waals surface area contributed by atoms with Gasteiger partial charge in [-0.2, -0.15) is 0 Å². The summed E-state index contributed by atoms with van der Waals surface area (Å²) in [4.78, 5) is 0. The van der Waals surface area contributed by atoms with E-state index >= 15 is 0 Å². The lowest BCUT2D eigenvalue weighted by Crippen LogP contribution is -2.23. The molecule has 1 aromatic carbocycles. The number of hydrogen-bond acceptors (Lipinski definition) is 3. The Bertz CT molecular complexity index is 396. The van der Waals surface area contributed by atoms with Crippen molar-refractivity contribution in [3.63, 3.8) is 0 Å². The molecule has 0 N–H and O–H groups in total. The van der Waals surface area contributed by atoms with Gasteiger partial charge in [0.15, 0.2) is 0 Å². The van der Waals surface area contributed by atoms with E-state index in [0.29, 0.717) is 0 Å². The highest BCUT2D eigenvalue weighted by atomic mass is 32.5. The smallest absolute Gasteiger partial charge is 0.220 e. The van der Waals surface area contributed by atoms with Gasteiger partial charge in [-0.25, -0.2) is 0 Å². The summed E-state index contributed by atoms with van der Waals surface area (Å²) in [5, 5.41) is 0.971. The van der Waals surface area contributed by atoms with Crippen LogP contribution in [0.4, 0.5) is 0 Å². The summed E-state index contributed by atoms with van der Waals surface area (Å²) < 4.78 is 11.9. The van der Waals surface area contributed by atoms with E-state index in [1.54, 1.807) is 0 Å². The number of hydrogen-bond donors (Lipinski definition) is 0. The van der Waals surface area contributed by atoms with Crippen molar-refractivity contribution in [1.82, 2.24) is 0 Å². The van der Waals surface area contributed by atoms with Crippen molar-refractivity contribution in [1.29, 1.82) is 0 Å². The van der Waals surface area contributed by atoms with Crippen molar-refractivity contribution >= 4 is 23.6 Å². The van der Waals surface area contributed by atoms with Gasteiger partial charge in [0.05, 0.1) is 11.7 Å². The van der Waals surface area contributed by atoms with Crippen LogP contribution < -0.4 is 5.30 Å². The monoisotopic (exact) mass is 272 g/mol. The molecule has 0 radical (unpaired) electrons. The standard InChI is InChI=1S/C13H21O2PS/c1-11(2)14-16(17,15-13(3,4)5)12-9-7-6-8-10-12/h6-11H,1-5H3. The zero-order valence-electron chi connectivity index (χ0n) is 11.1. The van der Waals surface area contributed by atoms with Crippen molar-refractivity contribution in [2.24, 2.45) is 0 Å². The Morgan fingerprint density at radius 2 is 1.65 bits per heavy atom. The van der Waals surface area contributed by atoms with E-state index in [4.69, 9.17) is 20.9 Å². The van der Waals surface area contributed by atoms with Crippen LogP contribution in [0.1, 0.15) is 34.6 Å². The molecule has 0 aliphatic carbocycles. The van der Waals surface area contributed by atoms with Gasteiger partial charge in [-0.15, -0.1) is 0 Å². The molecule has 4 heteroatoms. The zero-order valence-corrected chi connectivity index (χ0v) is 12.8. The van der Waals surface area contributed by atoms with Crippen molar-refractivity contribution < 1.29 is 9.05 Å². The van der Waals surface area contributed by atoms with E-state index in [1.807, 2.05) is 65.0 Å². The van der Waals surface area contributed by atoms with E-state index in [2.05, 4.69) is 0 Å². The van der Waals surface area contributed by atoms with Gasteiger partial charge in [-0.05, 0) is 58.6 Å². The van der Waals surface area contributed by atoms with Crippen LogP contribution in [0.15, 0.2) is 30.3 Å². The molecule has 0 aromatic heterocycles. The molecular weight excluding hydrogens is 251 g/mol. The summed E-state index contributed by atoms with van der Waals surface area (Å²) in [7, 11) is 0. The van der Waals surface area contributed by atoms with Crippen LogP contribution in [0.5, 0.6) is 0 Å². The maximum atomic E-state index is 6.03. The summed E-state index contributed by atoms with van der Waals surface area (Å²) in [6.45, 7) is 7.55. The first-order valence-electron chi connectivity index (χ1n) is 5.78. The van der Waals surface area contributed by atoms with Crippen LogP contribution >= 0.6 is 6.49 Å². The molecule has 0 fully saturated rings. The molecule has 0 bridgehead atoms. The van der Waals surface area contributed by atoms with E-state index in [9.17, 15) is 0 Å². The molecule has 0 heterocycles. The molecular formula is C13H21O2PS. The molecule has 0 spiro atoms. The number of rotatable bonds is 4. The summed E-state index contributed by atoms with van der Waals surface area (Å²) >= 11 is 5.66. The Balaban J connectivity index is 3.07. The van der Waals surface area contributed by atoms with E-state index in [0.717, 1.165) is 5.30 Å². The predicted octanol–water partition coefficient (Wildman–Crippen LogP) is 3.86. The van der Waals surface area contributed by atoms with Gasteiger partial charge in [0, 0.05) is 5.30 Å². The summed E-state index contributed by atoms with van der Waals surface area (Å²) in [5.41, 5.74) is -0.305. The summed E-state index contributed by atoms with van der Waals surface area (Å²) in [5.74, 6) is 0. The highest BCUT2D eigenvalue weighted by Crippen LogP contribution is 2.51. The molecule has 1 rings (SSSR count). The summed E-state index contributed by atoms with van der Waals surface area (Å²) in [6.07, 6.45) is 0.0587. The highest BCUT2D eigenvalue weighted by Gasteiger charge is 2.29. The van der Waals surface area contributed by atoms with Gasteiger partial charge in [0.1, 0.15) is 0 Å². The normalized spacial score (nSPS) is 15.9. The quantitative estimate of drug-likeness (QED) is 0.775. The first kappa shape index (κ1) is 14.8. The SMILES string of the molecule is CC(C)OP(=S)(OC(C)(C)C)c1ccccc1. The van der Waals surface area contributed by atoms with Crippen molar-refractivity contribution in [3.05, 3.63) is 30.3 Å². The van der Waals surface area contributed by atoms with Gasteiger partial charge in [0.25, 0.3) is 0 Å². The van der Waals surface area contributed by atoms with Gasteiger partial charge in [-0.3, -0.25) is 0 Å². The van der Waals surface area contributed by atoms with E-state index in [-0.39, 0.29) is 11.7 Å². The van der Waals surface area contributed by atoms with Crippen molar-refractivity contribution in [2.75, 3.05) is 0 Å². The van der Waals surface area contributed by atoms with Crippen LogP contribution in [0.3, 0.4) is 0 Å². The van der Waals surface area contributed by atoms with E-state index < -0.39 is 6.49 Å². The van der Waals surface area contributed by atoms with Crippen LogP contribution in [-0.2, 0) is 20.9 Å². The molecule has 96 valence electrons. The molecule has 2 nitrogen and oxygen atoms in total. The fraction of sp³-hybridized carbons (Fsp3) is 0.538. The minimum atomic E-state index is -2.42. The topological polar surface area (TPSA) is 18.5 Å². The average Bonchev–Trinajstić information content (AvgIpc) is 2.14. The lowest BCUT2D eigenvalue weighted by atomic mass is 10.2. The Hall–Kier alpha value is -0.210. The van der Waals surface area contributed by atoms with Gasteiger partial charge < -0.3 is 9.05 Å². The highest BCUT2D eigenvalue weighted by molar-refractivity contribution is 8.13. The maximum absolute atomic E-state index is 6.03. The molecule has 0 aliphatic heterocycles. The predicted molar refractivity (Wildman–Crippen MR) is 77.4 cm³/mol. The molecule has 0 saturated heterocycles.